The highest BCUT2D eigenvalue weighted by molar-refractivity contribution is 5.18. The fourth-order valence-electron chi connectivity index (χ4n) is 1.21. The van der Waals surface area contributed by atoms with E-state index in [0.29, 0.717) is 5.92 Å². The zero-order valence-corrected chi connectivity index (χ0v) is 6.59. The normalized spacial score (nSPS) is 21.2. The Labute approximate surface area is 70.9 Å². The Morgan fingerprint density at radius 3 is 2.67 bits per heavy atom. The molecule has 1 heterocycles. The van der Waals surface area contributed by atoms with Crippen molar-refractivity contribution >= 4 is 0 Å². The minimum Gasteiger partial charge on any atom is -0.225 e. The molecule has 1 aliphatic rings. The average Bonchev–Trinajstić information content (AvgIpc) is 2.21. The van der Waals surface area contributed by atoms with Crippen LogP contribution in [0.5, 0.6) is 0 Å². The Balaban J connectivity index is 2.21. The summed E-state index contributed by atoms with van der Waals surface area (Å²) in [6.45, 7) is 0. The maximum atomic E-state index is 4.10. The minimum absolute atomic E-state index is 0.331. The van der Waals surface area contributed by atoms with Crippen LogP contribution in [0.3, 0.4) is 0 Å². The SMILES string of the molecule is C1=CCC(c2ncncn2)C=C1. The van der Waals surface area contributed by atoms with Crippen molar-refractivity contribution < 1.29 is 0 Å². The van der Waals surface area contributed by atoms with Gasteiger partial charge in [-0.1, -0.05) is 24.3 Å². The summed E-state index contributed by atoms with van der Waals surface area (Å²) in [4.78, 5) is 12.0. The Morgan fingerprint density at radius 2 is 2.00 bits per heavy atom. The summed E-state index contributed by atoms with van der Waals surface area (Å²) >= 11 is 0. The van der Waals surface area contributed by atoms with Crippen molar-refractivity contribution in [3.05, 3.63) is 42.8 Å². The van der Waals surface area contributed by atoms with Gasteiger partial charge in [0.1, 0.15) is 18.5 Å². The average molecular weight is 159 g/mol. The van der Waals surface area contributed by atoms with Crippen LogP contribution < -0.4 is 0 Å². The highest BCUT2D eigenvalue weighted by Crippen LogP contribution is 2.19. The van der Waals surface area contributed by atoms with E-state index in [-0.39, 0.29) is 0 Å². The van der Waals surface area contributed by atoms with Gasteiger partial charge in [0.05, 0.1) is 0 Å². The van der Waals surface area contributed by atoms with Gasteiger partial charge in [-0.2, -0.15) is 0 Å². The Morgan fingerprint density at radius 1 is 1.17 bits per heavy atom. The fourth-order valence-corrected chi connectivity index (χ4v) is 1.21. The first-order valence-electron chi connectivity index (χ1n) is 3.92. The van der Waals surface area contributed by atoms with Gasteiger partial charge >= 0.3 is 0 Å². The molecule has 0 saturated carbocycles. The van der Waals surface area contributed by atoms with E-state index < -0.39 is 0 Å². The number of hydrogen-bond acceptors (Lipinski definition) is 3. The number of allylic oxidation sites excluding steroid dienone is 4. The van der Waals surface area contributed by atoms with Gasteiger partial charge in [-0.15, -0.1) is 0 Å². The van der Waals surface area contributed by atoms with E-state index in [2.05, 4.69) is 27.1 Å². The highest BCUT2D eigenvalue weighted by Gasteiger charge is 2.09. The molecule has 60 valence electrons. The largest absolute Gasteiger partial charge is 0.225 e. The predicted octanol–water partition coefficient (Wildman–Crippen LogP) is 1.47. The number of aromatic nitrogens is 3. The van der Waals surface area contributed by atoms with Crippen LogP contribution in [-0.2, 0) is 0 Å². The van der Waals surface area contributed by atoms with Crippen molar-refractivity contribution in [2.75, 3.05) is 0 Å². The van der Waals surface area contributed by atoms with Crippen LogP contribution >= 0.6 is 0 Å². The molecule has 0 bridgehead atoms. The summed E-state index contributed by atoms with van der Waals surface area (Å²) in [6, 6.07) is 0. The summed E-state index contributed by atoms with van der Waals surface area (Å²) < 4.78 is 0. The lowest BCUT2D eigenvalue weighted by Crippen LogP contribution is -2.02. The summed E-state index contributed by atoms with van der Waals surface area (Å²) in [5.74, 6) is 1.18. The third-order valence-electron chi connectivity index (χ3n) is 1.83. The molecule has 3 nitrogen and oxygen atoms in total. The molecular weight excluding hydrogens is 150 g/mol. The Kier molecular flexibility index (Phi) is 1.94. The smallest absolute Gasteiger partial charge is 0.139 e. The molecule has 1 atom stereocenters. The van der Waals surface area contributed by atoms with Gasteiger partial charge in [0, 0.05) is 5.92 Å². The van der Waals surface area contributed by atoms with Crippen molar-refractivity contribution in [3.8, 4) is 0 Å². The molecule has 1 aromatic heterocycles. The summed E-state index contributed by atoms with van der Waals surface area (Å²) in [6.07, 6.45) is 12.4. The summed E-state index contributed by atoms with van der Waals surface area (Å²) in [5.41, 5.74) is 0. The second-order valence-electron chi connectivity index (χ2n) is 2.65. The van der Waals surface area contributed by atoms with Crippen LogP contribution in [0.4, 0.5) is 0 Å². The molecule has 0 spiro atoms. The molecule has 2 rings (SSSR count). The fraction of sp³-hybridized carbons (Fsp3) is 0.222. The van der Waals surface area contributed by atoms with E-state index in [1.54, 1.807) is 0 Å². The molecule has 0 N–H and O–H groups in total. The molecule has 0 fully saturated rings. The van der Waals surface area contributed by atoms with Gasteiger partial charge in [-0.3, -0.25) is 0 Å². The van der Waals surface area contributed by atoms with E-state index in [0.717, 1.165) is 12.2 Å². The molecule has 0 aliphatic heterocycles. The lowest BCUT2D eigenvalue weighted by molar-refractivity contribution is 0.758. The van der Waals surface area contributed by atoms with Crippen molar-refractivity contribution in [2.24, 2.45) is 0 Å². The van der Waals surface area contributed by atoms with Crippen molar-refractivity contribution in [3.63, 3.8) is 0 Å². The van der Waals surface area contributed by atoms with Crippen molar-refractivity contribution in [1.82, 2.24) is 15.0 Å². The van der Waals surface area contributed by atoms with E-state index >= 15 is 0 Å². The van der Waals surface area contributed by atoms with Gasteiger partial charge in [-0.25, -0.2) is 15.0 Å². The Hall–Kier alpha value is -1.51. The lowest BCUT2D eigenvalue weighted by Gasteiger charge is -2.09. The molecule has 3 heteroatoms. The maximum absolute atomic E-state index is 4.10. The second-order valence-corrected chi connectivity index (χ2v) is 2.65. The van der Waals surface area contributed by atoms with Crippen LogP contribution in [0.2, 0.25) is 0 Å². The van der Waals surface area contributed by atoms with E-state index in [4.69, 9.17) is 0 Å². The highest BCUT2D eigenvalue weighted by atomic mass is 15.0. The molecule has 0 amide bonds. The summed E-state index contributed by atoms with van der Waals surface area (Å²) in [7, 11) is 0. The van der Waals surface area contributed by atoms with Crippen LogP contribution in [0.1, 0.15) is 18.2 Å². The van der Waals surface area contributed by atoms with Crippen molar-refractivity contribution in [2.45, 2.75) is 12.3 Å². The van der Waals surface area contributed by atoms with Crippen LogP contribution in [-0.4, -0.2) is 15.0 Å². The number of nitrogens with zero attached hydrogens (tertiary/aromatic N) is 3. The first-order valence-corrected chi connectivity index (χ1v) is 3.92. The van der Waals surface area contributed by atoms with Gasteiger partial charge < -0.3 is 0 Å². The first-order chi connectivity index (χ1) is 5.97. The van der Waals surface area contributed by atoms with Gasteiger partial charge in [-0.05, 0) is 6.42 Å². The molecular formula is C9H9N3. The molecule has 0 aromatic carbocycles. The monoisotopic (exact) mass is 159 g/mol. The minimum atomic E-state index is 0.331. The van der Waals surface area contributed by atoms with Crippen LogP contribution in [0, 0.1) is 0 Å². The quantitative estimate of drug-likeness (QED) is 0.622. The number of hydrogen-bond donors (Lipinski definition) is 0. The molecule has 12 heavy (non-hydrogen) atoms. The van der Waals surface area contributed by atoms with Crippen molar-refractivity contribution in [1.29, 1.82) is 0 Å². The van der Waals surface area contributed by atoms with E-state index in [9.17, 15) is 0 Å². The molecule has 1 aromatic rings. The standard InChI is InChI=1S/C9H9N3/c1-2-4-8(5-3-1)9-11-6-10-7-12-9/h1-4,6-8H,5H2. The third kappa shape index (κ3) is 1.39. The van der Waals surface area contributed by atoms with E-state index in [1.807, 2.05) is 12.2 Å². The van der Waals surface area contributed by atoms with Crippen LogP contribution in [0.15, 0.2) is 37.0 Å². The third-order valence-corrected chi connectivity index (χ3v) is 1.83. The molecule has 0 radical (unpaired) electrons. The molecule has 1 aliphatic carbocycles. The predicted molar refractivity (Wildman–Crippen MR) is 45.5 cm³/mol. The molecule has 1 unspecified atom stereocenters. The first kappa shape index (κ1) is 7.16. The summed E-state index contributed by atoms with van der Waals surface area (Å²) in [5, 5.41) is 0. The van der Waals surface area contributed by atoms with Crippen LogP contribution in [0.25, 0.3) is 0 Å². The zero-order chi connectivity index (χ0) is 8.23. The second kappa shape index (κ2) is 3.26. The van der Waals surface area contributed by atoms with Gasteiger partial charge in [0.2, 0.25) is 0 Å². The topological polar surface area (TPSA) is 38.7 Å². The molecule has 0 saturated heterocycles. The maximum Gasteiger partial charge on any atom is 0.139 e. The van der Waals surface area contributed by atoms with Gasteiger partial charge in [0.15, 0.2) is 0 Å². The Bertz CT molecular complexity index is 303. The lowest BCUT2D eigenvalue weighted by atomic mass is 10.0. The van der Waals surface area contributed by atoms with Gasteiger partial charge in [0.25, 0.3) is 0 Å². The zero-order valence-electron chi connectivity index (χ0n) is 6.59. The van der Waals surface area contributed by atoms with E-state index in [1.165, 1.54) is 12.7 Å². The number of rotatable bonds is 1.